The van der Waals surface area contributed by atoms with E-state index in [1.54, 1.807) is 0 Å². The van der Waals surface area contributed by atoms with E-state index in [2.05, 4.69) is 31.2 Å². The molecular formula is C11H8BrFN4O3. The third-order valence-corrected chi connectivity index (χ3v) is 2.96. The highest BCUT2D eigenvalue weighted by molar-refractivity contribution is 9.10. The van der Waals surface area contributed by atoms with Crippen LogP contribution in [0.15, 0.2) is 29.0 Å². The van der Waals surface area contributed by atoms with Crippen molar-refractivity contribution in [2.45, 2.75) is 0 Å². The molecule has 0 aliphatic rings. The average molecular weight is 343 g/mol. The number of nitrogens with one attached hydrogen (secondary N) is 1. The second-order valence-electron chi connectivity index (χ2n) is 3.56. The first kappa shape index (κ1) is 14.1. The van der Waals surface area contributed by atoms with Crippen molar-refractivity contribution in [1.29, 1.82) is 0 Å². The molecule has 20 heavy (non-hydrogen) atoms. The highest BCUT2D eigenvalue weighted by Gasteiger charge is 2.24. The molecule has 104 valence electrons. The molecule has 0 spiro atoms. The fourth-order valence-electron chi connectivity index (χ4n) is 1.44. The van der Waals surface area contributed by atoms with Crippen molar-refractivity contribution in [1.82, 2.24) is 9.97 Å². The molecule has 0 saturated carbocycles. The fraction of sp³-hybridized carbons (Fsp3) is 0.0909. The number of hydrogen-bond donors (Lipinski definition) is 1. The summed E-state index contributed by atoms with van der Waals surface area (Å²) < 4.78 is 18.9. The Morgan fingerprint density at radius 2 is 2.20 bits per heavy atom. The lowest BCUT2D eigenvalue weighted by Crippen LogP contribution is -2.03. The number of halogens is 2. The first-order chi connectivity index (χ1) is 9.52. The first-order valence-corrected chi connectivity index (χ1v) is 6.12. The normalized spacial score (nSPS) is 10.2. The summed E-state index contributed by atoms with van der Waals surface area (Å²) >= 11 is 3.16. The molecule has 9 heteroatoms. The van der Waals surface area contributed by atoms with Crippen LogP contribution in [0.1, 0.15) is 0 Å². The largest absolute Gasteiger partial charge is 0.432 e. The zero-order valence-electron chi connectivity index (χ0n) is 10.1. The summed E-state index contributed by atoms with van der Waals surface area (Å²) in [5.41, 5.74) is -0.425. The molecule has 1 heterocycles. The Morgan fingerprint density at radius 1 is 1.45 bits per heavy atom. The van der Waals surface area contributed by atoms with E-state index >= 15 is 0 Å². The number of nitrogens with zero attached hydrogens (tertiary/aromatic N) is 3. The molecule has 1 aromatic carbocycles. The molecule has 1 N–H and O–H groups in total. The molecule has 0 amide bonds. The Kier molecular flexibility index (Phi) is 4.08. The molecule has 0 bridgehead atoms. The van der Waals surface area contributed by atoms with Crippen LogP contribution in [0.2, 0.25) is 0 Å². The molecular weight excluding hydrogens is 335 g/mol. The van der Waals surface area contributed by atoms with Gasteiger partial charge in [-0.25, -0.2) is 9.37 Å². The van der Waals surface area contributed by atoms with Crippen LogP contribution in [0.3, 0.4) is 0 Å². The van der Waals surface area contributed by atoms with Crippen LogP contribution >= 0.6 is 15.9 Å². The summed E-state index contributed by atoms with van der Waals surface area (Å²) in [6.07, 6.45) is 1.11. The standard InChI is InChI=1S/C11H8BrFN4O3/c1-14-10-9(17(18)19)11(16-5-15-10)20-8-4-6(13)2-3-7(8)12/h2-5H,1H3,(H,14,15,16). The Labute approximate surface area is 121 Å². The van der Waals surface area contributed by atoms with Gasteiger partial charge in [0.05, 0.1) is 9.40 Å². The van der Waals surface area contributed by atoms with Gasteiger partial charge in [-0.2, -0.15) is 4.98 Å². The van der Waals surface area contributed by atoms with Crippen LogP contribution in [-0.4, -0.2) is 21.9 Å². The third kappa shape index (κ3) is 2.82. The summed E-state index contributed by atoms with van der Waals surface area (Å²) in [5, 5.41) is 13.6. The average Bonchev–Trinajstić information content (AvgIpc) is 2.42. The van der Waals surface area contributed by atoms with Crippen LogP contribution in [0.5, 0.6) is 11.6 Å². The lowest BCUT2D eigenvalue weighted by atomic mass is 10.3. The summed E-state index contributed by atoms with van der Waals surface area (Å²) in [6.45, 7) is 0. The van der Waals surface area contributed by atoms with E-state index < -0.39 is 16.4 Å². The molecule has 0 saturated heterocycles. The van der Waals surface area contributed by atoms with Crippen molar-refractivity contribution in [2.24, 2.45) is 0 Å². The maximum Gasteiger partial charge on any atom is 0.373 e. The molecule has 0 fully saturated rings. The molecule has 2 aromatic rings. The highest BCUT2D eigenvalue weighted by atomic mass is 79.9. The van der Waals surface area contributed by atoms with E-state index in [0.29, 0.717) is 4.47 Å². The zero-order valence-corrected chi connectivity index (χ0v) is 11.7. The van der Waals surface area contributed by atoms with Gasteiger partial charge in [0.2, 0.25) is 5.82 Å². The van der Waals surface area contributed by atoms with Crippen molar-refractivity contribution >= 4 is 27.4 Å². The Hall–Kier alpha value is -2.29. The Balaban J connectivity index is 2.48. The number of ether oxygens (including phenoxy) is 1. The predicted molar refractivity (Wildman–Crippen MR) is 72.4 cm³/mol. The second kappa shape index (κ2) is 5.78. The van der Waals surface area contributed by atoms with Gasteiger partial charge in [-0.1, -0.05) is 0 Å². The maximum absolute atomic E-state index is 13.2. The lowest BCUT2D eigenvalue weighted by molar-refractivity contribution is -0.385. The zero-order chi connectivity index (χ0) is 14.7. The molecule has 0 unspecified atom stereocenters. The molecule has 1 aromatic heterocycles. The minimum atomic E-state index is -0.672. The van der Waals surface area contributed by atoms with Gasteiger partial charge in [0.1, 0.15) is 17.9 Å². The van der Waals surface area contributed by atoms with E-state index in [0.717, 1.165) is 12.4 Å². The van der Waals surface area contributed by atoms with E-state index in [9.17, 15) is 14.5 Å². The molecule has 0 radical (unpaired) electrons. The van der Waals surface area contributed by atoms with Gasteiger partial charge in [-0.05, 0) is 28.1 Å². The van der Waals surface area contributed by atoms with Crippen LogP contribution in [0.25, 0.3) is 0 Å². The lowest BCUT2D eigenvalue weighted by Gasteiger charge is -2.08. The minimum Gasteiger partial charge on any atom is -0.432 e. The van der Waals surface area contributed by atoms with E-state index in [-0.39, 0.29) is 17.4 Å². The summed E-state index contributed by atoms with van der Waals surface area (Å²) in [5.74, 6) is -0.726. The number of aromatic nitrogens is 2. The predicted octanol–water partition coefficient (Wildman–Crippen LogP) is 3.12. The topological polar surface area (TPSA) is 90.2 Å². The quantitative estimate of drug-likeness (QED) is 0.678. The summed E-state index contributed by atoms with van der Waals surface area (Å²) in [4.78, 5) is 17.8. The summed E-state index contributed by atoms with van der Waals surface area (Å²) in [6, 6.07) is 3.75. The minimum absolute atomic E-state index is 0.00697. The molecule has 2 rings (SSSR count). The van der Waals surface area contributed by atoms with Gasteiger partial charge in [-0.3, -0.25) is 10.1 Å². The van der Waals surface area contributed by atoms with E-state index in [1.165, 1.54) is 19.2 Å². The Morgan fingerprint density at radius 3 is 2.85 bits per heavy atom. The third-order valence-electron chi connectivity index (χ3n) is 2.31. The van der Waals surface area contributed by atoms with Crippen molar-refractivity contribution < 1.29 is 14.1 Å². The maximum atomic E-state index is 13.2. The van der Waals surface area contributed by atoms with Gasteiger partial charge in [-0.15, -0.1) is 0 Å². The van der Waals surface area contributed by atoms with E-state index in [1.807, 2.05) is 0 Å². The van der Waals surface area contributed by atoms with Gasteiger partial charge in [0.15, 0.2) is 0 Å². The SMILES string of the molecule is CNc1ncnc(Oc2cc(F)ccc2Br)c1[N+](=O)[O-]. The van der Waals surface area contributed by atoms with Crippen molar-refractivity contribution in [2.75, 3.05) is 12.4 Å². The smallest absolute Gasteiger partial charge is 0.373 e. The number of hydrogen-bond acceptors (Lipinski definition) is 6. The molecule has 0 atom stereocenters. The van der Waals surface area contributed by atoms with Crippen molar-refractivity contribution in [3.8, 4) is 11.6 Å². The van der Waals surface area contributed by atoms with Crippen LogP contribution < -0.4 is 10.1 Å². The monoisotopic (exact) mass is 342 g/mol. The van der Waals surface area contributed by atoms with Crippen LogP contribution in [0.4, 0.5) is 15.9 Å². The fourth-order valence-corrected chi connectivity index (χ4v) is 1.77. The molecule has 7 nitrogen and oxygen atoms in total. The highest BCUT2D eigenvalue weighted by Crippen LogP contribution is 2.36. The van der Waals surface area contributed by atoms with Crippen molar-refractivity contribution in [3.63, 3.8) is 0 Å². The van der Waals surface area contributed by atoms with Gasteiger partial charge >= 0.3 is 11.6 Å². The van der Waals surface area contributed by atoms with Crippen LogP contribution in [-0.2, 0) is 0 Å². The Bertz CT molecular complexity index is 668. The van der Waals surface area contributed by atoms with Gasteiger partial charge < -0.3 is 10.1 Å². The molecule has 0 aliphatic carbocycles. The molecule has 0 aliphatic heterocycles. The first-order valence-electron chi connectivity index (χ1n) is 5.33. The number of benzene rings is 1. The van der Waals surface area contributed by atoms with E-state index in [4.69, 9.17) is 4.74 Å². The number of nitro groups is 1. The number of rotatable bonds is 4. The summed E-state index contributed by atoms with van der Waals surface area (Å²) in [7, 11) is 1.48. The van der Waals surface area contributed by atoms with Gasteiger partial charge in [0.25, 0.3) is 0 Å². The van der Waals surface area contributed by atoms with Crippen LogP contribution in [0, 0.1) is 15.9 Å². The second-order valence-corrected chi connectivity index (χ2v) is 4.41. The number of anilines is 1. The van der Waals surface area contributed by atoms with Gasteiger partial charge in [0, 0.05) is 13.1 Å². The van der Waals surface area contributed by atoms with Crippen molar-refractivity contribution in [3.05, 3.63) is 44.9 Å².